The summed E-state index contributed by atoms with van der Waals surface area (Å²) in [6.45, 7) is 0.301. The molecule has 28 heavy (non-hydrogen) atoms. The van der Waals surface area contributed by atoms with Crippen molar-refractivity contribution < 1.29 is 9.72 Å². The number of nitrogens with zero attached hydrogens (tertiary/aromatic N) is 2. The smallest absolute Gasteiger partial charge is 0.269 e. The first-order valence-electron chi connectivity index (χ1n) is 8.54. The molecule has 5 nitrogen and oxygen atoms in total. The summed E-state index contributed by atoms with van der Waals surface area (Å²) in [5.41, 5.74) is 3.03. The van der Waals surface area contributed by atoms with Crippen LogP contribution in [0.1, 0.15) is 33.1 Å². The van der Waals surface area contributed by atoms with Crippen molar-refractivity contribution in [1.29, 1.82) is 0 Å². The third-order valence-electron chi connectivity index (χ3n) is 4.82. The number of carbonyl (C=O) groups excluding carboxylic acids is 1. The van der Waals surface area contributed by atoms with Gasteiger partial charge in [0.05, 0.1) is 11.0 Å². The lowest BCUT2D eigenvalue weighted by molar-refractivity contribution is -0.384. The van der Waals surface area contributed by atoms with Gasteiger partial charge in [0.2, 0.25) is 0 Å². The predicted molar refractivity (Wildman–Crippen MR) is 108 cm³/mol. The molecule has 1 atom stereocenters. The molecule has 1 aliphatic rings. The Morgan fingerprint density at radius 3 is 2.29 bits per heavy atom. The quantitative estimate of drug-likeness (QED) is 0.410. The van der Waals surface area contributed by atoms with Crippen LogP contribution in [0.3, 0.4) is 0 Å². The highest BCUT2D eigenvalue weighted by atomic mass is 35.5. The molecule has 0 N–H and O–H groups in total. The van der Waals surface area contributed by atoms with Crippen molar-refractivity contribution in [2.45, 2.75) is 12.6 Å². The third kappa shape index (κ3) is 3.23. The molecule has 3 aromatic rings. The number of nitro benzene ring substituents is 1. The molecule has 0 saturated heterocycles. The zero-order chi connectivity index (χ0) is 19.8. The van der Waals surface area contributed by atoms with E-state index >= 15 is 0 Å². The normalized spacial score (nSPS) is 15.6. The third-order valence-corrected chi connectivity index (χ3v) is 5.40. The number of fused-ring (bicyclic) bond motifs is 1. The maximum Gasteiger partial charge on any atom is 0.269 e. The fraction of sp³-hybridized carbons (Fsp3) is 0.0952. The van der Waals surface area contributed by atoms with Crippen LogP contribution in [0.4, 0.5) is 5.69 Å². The molecule has 0 fully saturated rings. The van der Waals surface area contributed by atoms with E-state index in [1.54, 1.807) is 47.4 Å². The summed E-state index contributed by atoms with van der Waals surface area (Å²) in [7, 11) is 0. The molecule has 4 rings (SSSR count). The summed E-state index contributed by atoms with van der Waals surface area (Å²) in [4.78, 5) is 25.3. The van der Waals surface area contributed by atoms with Crippen LogP contribution in [0.5, 0.6) is 0 Å². The van der Waals surface area contributed by atoms with E-state index in [-0.39, 0.29) is 17.6 Å². The maximum absolute atomic E-state index is 13.1. The van der Waals surface area contributed by atoms with Crippen LogP contribution in [-0.2, 0) is 6.54 Å². The molecule has 1 heterocycles. The highest BCUT2D eigenvalue weighted by molar-refractivity contribution is 6.32. The molecule has 7 heteroatoms. The van der Waals surface area contributed by atoms with Gasteiger partial charge in [0.1, 0.15) is 0 Å². The summed E-state index contributed by atoms with van der Waals surface area (Å²) in [5.74, 6) is -0.129. The summed E-state index contributed by atoms with van der Waals surface area (Å²) in [6.07, 6.45) is 0. The molecule has 0 saturated carbocycles. The molecule has 0 spiro atoms. The first-order valence-corrected chi connectivity index (χ1v) is 9.29. The van der Waals surface area contributed by atoms with E-state index < -0.39 is 4.92 Å². The Kier molecular flexibility index (Phi) is 4.79. The van der Waals surface area contributed by atoms with E-state index in [2.05, 4.69) is 0 Å². The van der Waals surface area contributed by atoms with Crippen LogP contribution in [0.25, 0.3) is 0 Å². The summed E-state index contributed by atoms with van der Waals surface area (Å²) < 4.78 is 0. The average molecular weight is 413 g/mol. The number of benzene rings is 3. The number of rotatable bonds is 4. The molecule has 0 bridgehead atoms. The summed E-state index contributed by atoms with van der Waals surface area (Å²) in [6, 6.07) is 18.4. The van der Waals surface area contributed by atoms with Gasteiger partial charge in [0.15, 0.2) is 0 Å². The molecule has 1 amide bonds. The topological polar surface area (TPSA) is 63.5 Å². The standard InChI is InChI=1S/C21H14Cl2N2O3/c22-15-8-6-14(7-9-15)20-19-17(2-1-3-18(19)23)21(26)24(20)12-13-4-10-16(11-5-13)25(27)28/h1-11,20H,12H2. The molecular formula is C21H14Cl2N2O3. The second-order valence-electron chi connectivity index (χ2n) is 6.51. The molecule has 3 aromatic carbocycles. The van der Waals surface area contributed by atoms with Crippen LogP contribution in [-0.4, -0.2) is 15.7 Å². The SMILES string of the molecule is O=C1c2cccc(Cl)c2C(c2ccc(Cl)cc2)N1Cc1ccc([N+](=O)[O-])cc1. The van der Waals surface area contributed by atoms with Crippen molar-refractivity contribution >= 4 is 34.8 Å². The number of non-ortho nitro benzene ring substituents is 1. The van der Waals surface area contributed by atoms with Crippen LogP contribution in [0, 0.1) is 10.1 Å². The zero-order valence-corrected chi connectivity index (χ0v) is 16.0. The Labute approximate surface area is 171 Å². The van der Waals surface area contributed by atoms with Crippen LogP contribution < -0.4 is 0 Å². The van der Waals surface area contributed by atoms with Gasteiger partial charge in [-0.3, -0.25) is 14.9 Å². The van der Waals surface area contributed by atoms with Crippen molar-refractivity contribution in [2.75, 3.05) is 0 Å². The van der Waals surface area contributed by atoms with E-state index in [1.807, 2.05) is 12.1 Å². The van der Waals surface area contributed by atoms with Gasteiger partial charge in [0, 0.05) is 39.8 Å². The first-order chi connectivity index (χ1) is 13.5. The second kappa shape index (κ2) is 7.26. The fourth-order valence-electron chi connectivity index (χ4n) is 3.50. The molecule has 1 aliphatic heterocycles. The van der Waals surface area contributed by atoms with Gasteiger partial charge >= 0.3 is 0 Å². The maximum atomic E-state index is 13.1. The number of hydrogen-bond acceptors (Lipinski definition) is 3. The van der Waals surface area contributed by atoms with Gasteiger partial charge in [-0.15, -0.1) is 0 Å². The summed E-state index contributed by atoms with van der Waals surface area (Å²) in [5, 5.41) is 12.0. The van der Waals surface area contributed by atoms with Gasteiger partial charge in [0.25, 0.3) is 11.6 Å². The van der Waals surface area contributed by atoms with Crippen molar-refractivity contribution in [3.63, 3.8) is 0 Å². The number of amides is 1. The van der Waals surface area contributed by atoms with Crippen LogP contribution in [0.15, 0.2) is 66.7 Å². The molecule has 0 radical (unpaired) electrons. The van der Waals surface area contributed by atoms with E-state index in [9.17, 15) is 14.9 Å². The fourth-order valence-corrected chi connectivity index (χ4v) is 3.91. The number of nitro groups is 1. The van der Waals surface area contributed by atoms with Gasteiger partial charge in [-0.2, -0.15) is 0 Å². The number of carbonyl (C=O) groups is 1. The van der Waals surface area contributed by atoms with Crippen molar-refractivity contribution in [2.24, 2.45) is 0 Å². The summed E-state index contributed by atoms with van der Waals surface area (Å²) >= 11 is 12.5. The molecular weight excluding hydrogens is 399 g/mol. The van der Waals surface area contributed by atoms with E-state index in [4.69, 9.17) is 23.2 Å². The Morgan fingerprint density at radius 1 is 0.964 bits per heavy atom. The van der Waals surface area contributed by atoms with Crippen molar-refractivity contribution in [3.8, 4) is 0 Å². The average Bonchev–Trinajstić information content (AvgIpc) is 2.96. The van der Waals surface area contributed by atoms with Crippen molar-refractivity contribution in [3.05, 3.63) is 109 Å². The van der Waals surface area contributed by atoms with Gasteiger partial charge in [-0.1, -0.05) is 53.5 Å². The van der Waals surface area contributed by atoms with Gasteiger partial charge < -0.3 is 4.90 Å². The lowest BCUT2D eigenvalue weighted by Gasteiger charge is -2.26. The van der Waals surface area contributed by atoms with Crippen LogP contribution >= 0.6 is 23.2 Å². The Morgan fingerprint density at radius 2 is 1.64 bits per heavy atom. The second-order valence-corrected chi connectivity index (χ2v) is 7.36. The number of halogens is 2. The lowest BCUT2D eigenvalue weighted by atomic mass is 9.97. The highest BCUT2D eigenvalue weighted by Crippen LogP contribution is 2.43. The van der Waals surface area contributed by atoms with Crippen molar-refractivity contribution in [1.82, 2.24) is 4.90 Å². The lowest BCUT2D eigenvalue weighted by Crippen LogP contribution is -2.28. The molecule has 140 valence electrons. The Bertz CT molecular complexity index is 1070. The minimum Gasteiger partial charge on any atom is -0.323 e. The Balaban J connectivity index is 1.76. The van der Waals surface area contributed by atoms with Gasteiger partial charge in [-0.05, 0) is 35.4 Å². The van der Waals surface area contributed by atoms with E-state index in [0.29, 0.717) is 22.2 Å². The highest BCUT2D eigenvalue weighted by Gasteiger charge is 2.39. The minimum absolute atomic E-state index is 0.0112. The minimum atomic E-state index is -0.447. The monoisotopic (exact) mass is 412 g/mol. The predicted octanol–water partition coefficient (Wildman–Crippen LogP) is 5.65. The first kappa shape index (κ1) is 18.5. The van der Waals surface area contributed by atoms with E-state index in [0.717, 1.165) is 16.7 Å². The Hall–Kier alpha value is -2.89. The van der Waals surface area contributed by atoms with Crippen LogP contribution in [0.2, 0.25) is 10.0 Å². The molecule has 0 aromatic heterocycles. The van der Waals surface area contributed by atoms with E-state index in [1.165, 1.54) is 12.1 Å². The molecule has 1 unspecified atom stereocenters. The zero-order valence-electron chi connectivity index (χ0n) is 14.5. The largest absolute Gasteiger partial charge is 0.323 e. The van der Waals surface area contributed by atoms with Gasteiger partial charge in [-0.25, -0.2) is 0 Å². The number of hydrogen-bond donors (Lipinski definition) is 0. The molecule has 0 aliphatic carbocycles.